The Balaban J connectivity index is 2.09. The van der Waals surface area contributed by atoms with Crippen molar-refractivity contribution in [2.45, 2.75) is 55.2 Å². The van der Waals surface area contributed by atoms with Crippen LogP contribution in [0, 0.1) is 6.92 Å². The fourth-order valence-corrected chi connectivity index (χ4v) is 4.31. The van der Waals surface area contributed by atoms with Gasteiger partial charge in [0.25, 0.3) is 0 Å². The van der Waals surface area contributed by atoms with E-state index >= 15 is 0 Å². The number of likely N-dealkylation sites (N-methyl/N-ethyl adjacent to an activating group) is 1. The maximum Gasteiger partial charge on any atom is 0.326 e. The molecule has 5 heteroatoms. The number of aryl methyl sites for hydroxylation is 1. The van der Waals surface area contributed by atoms with Crippen molar-refractivity contribution in [1.29, 1.82) is 0 Å². The van der Waals surface area contributed by atoms with E-state index in [1.807, 2.05) is 31.7 Å². The lowest BCUT2D eigenvalue weighted by Crippen LogP contribution is -2.55. The highest BCUT2D eigenvalue weighted by Crippen LogP contribution is 2.40. The minimum absolute atomic E-state index is 0.131. The van der Waals surface area contributed by atoms with E-state index in [9.17, 15) is 4.79 Å². The van der Waals surface area contributed by atoms with Gasteiger partial charge in [0.1, 0.15) is 11.3 Å². The molecule has 4 nitrogen and oxygen atoms in total. The SMILES string of the molecule is CCNC1(C(=O)OC)CCCC(Sc2ccoc2C)C1. The quantitative estimate of drug-likeness (QED) is 0.846. The number of carbonyl (C=O) groups excluding carboxylic acids is 1. The summed E-state index contributed by atoms with van der Waals surface area (Å²) in [7, 11) is 1.47. The normalized spacial score (nSPS) is 26.4. The highest BCUT2D eigenvalue weighted by Gasteiger charge is 2.43. The van der Waals surface area contributed by atoms with Crippen LogP contribution in [0.1, 0.15) is 38.4 Å². The minimum atomic E-state index is -0.517. The molecule has 112 valence electrons. The highest BCUT2D eigenvalue weighted by atomic mass is 32.2. The third-order valence-electron chi connectivity index (χ3n) is 3.90. The summed E-state index contributed by atoms with van der Waals surface area (Å²) in [6.07, 6.45) is 5.55. The average molecular weight is 297 g/mol. The number of rotatable bonds is 5. The summed E-state index contributed by atoms with van der Waals surface area (Å²) in [5, 5.41) is 3.78. The largest absolute Gasteiger partial charge is 0.468 e. The van der Waals surface area contributed by atoms with Gasteiger partial charge in [-0.1, -0.05) is 6.92 Å². The van der Waals surface area contributed by atoms with Gasteiger partial charge < -0.3 is 14.5 Å². The van der Waals surface area contributed by atoms with Gasteiger partial charge in [-0.05, 0) is 45.2 Å². The molecule has 2 unspecified atom stereocenters. The molecule has 0 amide bonds. The predicted octanol–water partition coefficient (Wildman–Crippen LogP) is 3.14. The zero-order chi connectivity index (χ0) is 14.6. The van der Waals surface area contributed by atoms with Gasteiger partial charge in [0, 0.05) is 10.1 Å². The summed E-state index contributed by atoms with van der Waals surface area (Å²) in [4.78, 5) is 13.4. The van der Waals surface area contributed by atoms with Gasteiger partial charge in [-0.25, -0.2) is 0 Å². The van der Waals surface area contributed by atoms with Crippen molar-refractivity contribution in [3.8, 4) is 0 Å². The van der Waals surface area contributed by atoms with E-state index in [2.05, 4.69) is 5.32 Å². The fraction of sp³-hybridized carbons (Fsp3) is 0.667. The van der Waals surface area contributed by atoms with Gasteiger partial charge in [0.15, 0.2) is 0 Å². The van der Waals surface area contributed by atoms with E-state index in [4.69, 9.17) is 9.15 Å². The minimum Gasteiger partial charge on any atom is -0.468 e. The van der Waals surface area contributed by atoms with Crippen molar-refractivity contribution in [2.75, 3.05) is 13.7 Å². The summed E-state index contributed by atoms with van der Waals surface area (Å²) in [5.41, 5.74) is -0.517. The van der Waals surface area contributed by atoms with E-state index < -0.39 is 5.54 Å². The standard InChI is InChI=1S/C15H23NO3S/c1-4-16-15(14(17)18-3)8-5-6-12(10-15)20-13-7-9-19-11(13)2/h7,9,12,16H,4-6,8,10H2,1-3H3. The molecule has 0 saturated heterocycles. The molecule has 0 aromatic carbocycles. The first kappa shape index (κ1) is 15.4. The van der Waals surface area contributed by atoms with Crippen molar-refractivity contribution in [1.82, 2.24) is 5.32 Å². The Hall–Kier alpha value is -0.940. The van der Waals surface area contributed by atoms with E-state index in [-0.39, 0.29) is 5.97 Å². The van der Waals surface area contributed by atoms with Crippen LogP contribution < -0.4 is 5.32 Å². The fourth-order valence-electron chi connectivity index (χ4n) is 2.95. The summed E-state index contributed by atoms with van der Waals surface area (Å²) in [5.74, 6) is 0.821. The Morgan fingerprint density at radius 3 is 3.05 bits per heavy atom. The molecule has 0 aliphatic heterocycles. The molecule has 1 heterocycles. The Morgan fingerprint density at radius 2 is 2.45 bits per heavy atom. The molecule has 1 aliphatic rings. The molecule has 0 spiro atoms. The number of methoxy groups -OCH3 is 1. The van der Waals surface area contributed by atoms with E-state index in [1.54, 1.807) is 6.26 Å². The molecule has 1 aromatic rings. The molecule has 0 bridgehead atoms. The smallest absolute Gasteiger partial charge is 0.326 e. The third-order valence-corrected chi connectivity index (χ3v) is 5.32. The number of hydrogen-bond acceptors (Lipinski definition) is 5. The first-order valence-electron chi connectivity index (χ1n) is 7.15. The molecule has 2 rings (SSSR count). The van der Waals surface area contributed by atoms with Gasteiger partial charge in [-0.2, -0.15) is 0 Å². The molecule has 20 heavy (non-hydrogen) atoms. The lowest BCUT2D eigenvalue weighted by Gasteiger charge is -2.38. The lowest BCUT2D eigenvalue weighted by atomic mass is 9.81. The lowest BCUT2D eigenvalue weighted by molar-refractivity contribution is -0.150. The van der Waals surface area contributed by atoms with Crippen LogP contribution >= 0.6 is 11.8 Å². The predicted molar refractivity (Wildman–Crippen MR) is 80.0 cm³/mol. The maximum atomic E-state index is 12.2. The highest BCUT2D eigenvalue weighted by molar-refractivity contribution is 8.00. The van der Waals surface area contributed by atoms with Crippen LogP contribution in [0.5, 0.6) is 0 Å². The van der Waals surface area contributed by atoms with Crippen molar-refractivity contribution < 1.29 is 13.9 Å². The van der Waals surface area contributed by atoms with E-state index in [1.165, 1.54) is 12.0 Å². The Bertz CT molecular complexity index is 456. The van der Waals surface area contributed by atoms with Crippen molar-refractivity contribution in [3.63, 3.8) is 0 Å². The van der Waals surface area contributed by atoms with Gasteiger partial charge in [-0.3, -0.25) is 4.79 Å². The van der Waals surface area contributed by atoms with Crippen LogP contribution in [-0.2, 0) is 9.53 Å². The van der Waals surface area contributed by atoms with Crippen LogP contribution in [-0.4, -0.2) is 30.4 Å². The van der Waals surface area contributed by atoms with Crippen LogP contribution in [0.25, 0.3) is 0 Å². The monoisotopic (exact) mass is 297 g/mol. The van der Waals surface area contributed by atoms with Crippen molar-refractivity contribution >= 4 is 17.7 Å². The Kier molecular flexibility index (Phi) is 5.16. The number of thioether (sulfide) groups is 1. The van der Waals surface area contributed by atoms with Gasteiger partial charge in [0.2, 0.25) is 0 Å². The second-order valence-corrected chi connectivity index (χ2v) is 6.62. The Labute approximate surface area is 124 Å². The number of esters is 1. The summed E-state index contributed by atoms with van der Waals surface area (Å²) in [6, 6.07) is 2.00. The molecular formula is C15H23NO3S. The molecule has 2 atom stereocenters. The number of nitrogens with one attached hydrogen (secondary N) is 1. The second kappa shape index (κ2) is 6.68. The molecule has 1 fully saturated rings. The van der Waals surface area contributed by atoms with Crippen LogP contribution in [0.3, 0.4) is 0 Å². The van der Waals surface area contributed by atoms with Crippen molar-refractivity contribution in [2.24, 2.45) is 0 Å². The number of ether oxygens (including phenoxy) is 1. The first-order valence-corrected chi connectivity index (χ1v) is 8.03. The van der Waals surface area contributed by atoms with E-state index in [0.29, 0.717) is 5.25 Å². The molecule has 1 aliphatic carbocycles. The molecule has 1 aromatic heterocycles. The van der Waals surface area contributed by atoms with Crippen LogP contribution in [0.15, 0.2) is 21.6 Å². The molecular weight excluding hydrogens is 274 g/mol. The summed E-state index contributed by atoms with van der Waals surface area (Å²) < 4.78 is 10.4. The van der Waals surface area contributed by atoms with Gasteiger partial charge in [-0.15, -0.1) is 11.8 Å². The zero-order valence-corrected chi connectivity index (χ0v) is 13.2. The zero-order valence-electron chi connectivity index (χ0n) is 12.4. The first-order chi connectivity index (χ1) is 9.61. The molecule has 1 N–H and O–H groups in total. The second-order valence-electron chi connectivity index (χ2n) is 5.28. The topological polar surface area (TPSA) is 51.5 Å². The van der Waals surface area contributed by atoms with Gasteiger partial charge in [0.05, 0.1) is 13.4 Å². The van der Waals surface area contributed by atoms with E-state index in [0.717, 1.165) is 38.0 Å². The summed E-state index contributed by atoms with van der Waals surface area (Å²) in [6.45, 7) is 4.78. The third kappa shape index (κ3) is 3.20. The van der Waals surface area contributed by atoms with Crippen molar-refractivity contribution in [3.05, 3.63) is 18.1 Å². The van der Waals surface area contributed by atoms with Gasteiger partial charge >= 0.3 is 5.97 Å². The maximum absolute atomic E-state index is 12.2. The number of hydrogen-bond donors (Lipinski definition) is 1. The number of carbonyl (C=O) groups is 1. The Morgan fingerprint density at radius 1 is 1.65 bits per heavy atom. The number of furan rings is 1. The average Bonchev–Trinajstić information content (AvgIpc) is 2.84. The summed E-state index contributed by atoms with van der Waals surface area (Å²) >= 11 is 1.81. The van der Waals surface area contributed by atoms with Crippen LogP contribution in [0.2, 0.25) is 0 Å². The van der Waals surface area contributed by atoms with Crippen LogP contribution in [0.4, 0.5) is 0 Å². The molecule has 1 saturated carbocycles. The molecule has 0 radical (unpaired) electrons.